The van der Waals surface area contributed by atoms with Gasteiger partial charge in [-0.3, -0.25) is 4.79 Å². The van der Waals surface area contributed by atoms with Crippen LogP contribution in [0.5, 0.6) is 0 Å². The number of carbonyl (C=O) groups is 1. The number of fused-ring (bicyclic) bond motifs is 2. The molecule has 25 heavy (non-hydrogen) atoms. The Morgan fingerprint density at radius 2 is 1.72 bits per heavy atom. The fourth-order valence-electron chi connectivity index (χ4n) is 2.61. The van der Waals surface area contributed by atoms with E-state index in [0.717, 1.165) is 26.8 Å². The first-order chi connectivity index (χ1) is 12.0. The third-order valence-electron chi connectivity index (χ3n) is 3.81. The maximum atomic E-state index is 10.5. The van der Waals surface area contributed by atoms with Gasteiger partial charge in [-0.1, -0.05) is 23.2 Å². The zero-order valence-corrected chi connectivity index (χ0v) is 14.8. The van der Waals surface area contributed by atoms with Crippen LogP contribution in [0.1, 0.15) is 6.42 Å². The number of benzene rings is 2. The molecule has 0 radical (unpaired) electrons. The van der Waals surface area contributed by atoms with Gasteiger partial charge in [0.15, 0.2) is 0 Å². The molecule has 0 spiro atoms. The molecule has 0 aliphatic rings. The summed E-state index contributed by atoms with van der Waals surface area (Å²) < 4.78 is 1.92. The van der Waals surface area contributed by atoms with Crippen LogP contribution in [-0.4, -0.2) is 20.6 Å². The third kappa shape index (κ3) is 4.35. The van der Waals surface area contributed by atoms with Crippen molar-refractivity contribution >= 4 is 51.0 Å². The number of aromatic amines is 1. The molecule has 128 valence electrons. The fourth-order valence-corrected chi connectivity index (χ4v) is 2.97. The summed E-state index contributed by atoms with van der Waals surface area (Å²) in [5.41, 5.74) is 2.14. The van der Waals surface area contributed by atoms with Crippen molar-refractivity contribution in [1.82, 2.24) is 9.55 Å². The van der Waals surface area contributed by atoms with Crippen LogP contribution in [0.25, 0.3) is 21.8 Å². The molecule has 0 aliphatic heterocycles. The zero-order valence-electron chi connectivity index (χ0n) is 13.2. The minimum absolute atomic E-state index is 0.131. The summed E-state index contributed by atoms with van der Waals surface area (Å²) in [5, 5.41) is 12.3. The van der Waals surface area contributed by atoms with E-state index in [1.54, 1.807) is 6.07 Å². The summed E-state index contributed by atoms with van der Waals surface area (Å²) in [7, 11) is 0. The molecule has 4 rings (SSSR count). The lowest BCUT2D eigenvalue weighted by Gasteiger charge is -2.02. The molecule has 6 heteroatoms. The van der Waals surface area contributed by atoms with E-state index in [1.807, 2.05) is 59.4 Å². The lowest BCUT2D eigenvalue weighted by molar-refractivity contribution is -0.137. The second kappa shape index (κ2) is 7.64. The molecule has 2 aromatic carbocycles. The van der Waals surface area contributed by atoms with Crippen molar-refractivity contribution in [2.75, 3.05) is 0 Å². The van der Waals surface area contributed by atoms with Crippen molar-refractivity contribution in [3.05, 3.63) is 71.0 Å². The summed E-state index contributed by atoms with van der Waals surface area (Å²) in [4.78, 5) is 13.5. The average molecular weight is 375 g/mol. The second-order valence-corrected chi connectivity index (χ2v) is 6.44. The van der Waals surface area contributed by atoms with Crippen LogP contribution >= 0.6 is 23.2 Å². The second-order valence-electron chi connectivity index (χ2n) is 5.57. The number of hydrogen-bond donors (Lipinski definition) is 2. The van der Waals surface area contributed by atoms with Gasteiger partial charge in [0.1, 0.15) is 0 Å². The van der Waals surface area contributed by atoms with Crippen molar-refractivity contribution in [2.24, 2.45) is 0 Å². The number of nitrogens with zero attached hydrogens (tertiary/aromatic N) is 1. The van der Waals surface area contributed by atoms with Crippen molar-refractivity contribution in [1.29, 1.82) is 0 Å². The summed E-state index contributed by atoms with van der Waals surface area (Å²) >= 11 is 11.6. The van der Waals surface area contributed by atoms with Gasteiger partial charge >= 0.3 is 5.97 Å². The molecule has 4 nitrogen and oxygen atoms in total. The van der Waals surface area contributed by atoms with Crippen LogP contribution < -0.4 is 0 Å². The molecule has 2 heterocycles. The lowest BCUT2D eigenvalue weighted by Crippen LogP contribution is -2.03. The average Bonchev–Trinajstić information content (AvgIpc) is 3.19. The Morgan fingerprint density at radius 3 is 2.48 bits per heavy atom. The van der Waals surface area contributed by atoms with E-state index in [9.17, 15) is 4.79 Å². The van der Waals surface area contributed by atoms with E-state index in [1.165, 1.54) is 0 Å². The Kier molecular flexibility index (Phi) is 5.31. The van der Waals surface area contributed by atoms with Gasteiger partial charge in [-0.15, -0.1) is 0 Å². The number of carboxylic acids is 1. The summed E-state index contributed by atoms with van der Waals surface area (Å²) in [5.74, 6) is -0.786. The number of rotatable bonds is 3. The minimum Gasteiger partial charge on any atom is -0.481 e. The quantitative estimate of drug-likeness (QED) is 0.490. The molecule has 0 saturated carbocycles. The molecule has 0 bridgehead atoms. The van der Waals surface area contributed by atoms with Gasteiger partial charge in [0.25, 0.3) is 0 Å². The van der Waals surface area contributed by atoms with Gasteiger partial charge in [0.05, 0.1) is 6.42 Å². The number of halogens is 2. The number of carboxylic acid groups (broad SMARTS) is 1. The van der Waals surface area contributed by atoms with E-state index in [-0.39, 0.29) is 6.42 Å². The van der Waals surface area contributed by atoms with Crippen molar-refractivity contribution in [3.63, 3.8) is 0 Å². The molecule has 0 unspecified atom stereocenters. The van der Waals surface area contributed by atoms with E-state index in [0.29, 0.717) is 11.6 Å². The SMILES string of the molecule is Clc1ccc2[nH]ccc2c1.O=C(O)CCn1ccc2cc(Cl)ccc21. The number of aryl methyl sites for hydroxylation is 1. The van der Waals surface area contributed by atoms with Gasteiger partial charge in [-0.05, 0) is 48.5 Å². The first-order valence-corrected chi connectivity index (χ1v) is 8.47. The Morgan fingerprint density at radius 1 is 1.00 bits per heavy atom. The van der Waals surface area contributed by atoms with Gasteiger partial charge in [0.2, 0.25) is 0 Å². The Hall–Kier alpha value is -2.43. The zero-order chi connectivity index (χ0) is 17.8. The van der Waals surface area contributed by atoms with Crippen molar-refractivity contribution in [3.8, 4) is 0 Å². The Bertz CT molecular complexity index is 1020. The Labute approximate surface area is 154 Å². The van der Waals surface area contributed by atoms with Crippen LogP contribution in [0.4, 0.5) is 0 Å². The highest BCUT2D eigenvalue weighted by Gasteiger charge is 2.03. The predicted molar refractivity (Wildman–Crippen MR) is 103 cm³/mol. The van der Waals surface area contributed by atoms with E-state index >= 15 is 0 Å². The highest BCUT2D eigenvalue weighted by atomic mass is 35.5. The standard InChI is InChI=1S/C11H10ClNO2.C8H6ClN/c12-9-1-2-10-8(7-9)3-5-13(10)6-4-11(14)15;9-7-1-2-8-6(5-7)3-4-10-8/h1-3,5,7H,4,6H2,(H,14,15);1-5,10H. The van der Waals surface area contributed by atoms with E-state index < -0.39 is 5.97 Å². The maximum absolute atomic E-state index is 10.5. The molecule has 0 fully saturated rings. The third-order valence-corrected chi connectivity index (χ3v) is 4.29. The first-order valence-electron chi connectivity index (χ1n) is 7.72. The molecular weight excluding hydrogens is 359 g/mol. The van der Waals surface area contributed by atoms with Crippen LogP contribution in [-0.2, 0) is 11.3 Å². The highest BCUT2D eigenvalue weighted by molar-refractivity contribution is 6.31. The largest absolute Gasteiger partial charge is 0.481 e. The van der Waals surface area contributed by atoms with Gasteiger partial charge in [0, 0.05) is 50.8 Å². The summed E-state index contributed by atoms with van der Waals surface area (Å²) in [6.45, 7) is 0.487. The van der Waals surface area contributed by atoms with Crippen LogP contribution in [0, 0.1) is 0 Å². The molecule has 0 amide bonds. The predicted octanol–water partition coefficient (Wildman–Crippen LogP) is 5.59. The van der Waals surface area contributed by atoms with Crippen molar-refractivity contribution < 1.29 is 9.90 Å². The molecule has 0 atom stereocenters. The normalized spacial score (nSPS) is 10.6. The van der Waals surface area contributed by atoms with Gasteiger partial charge in [-0.2, -0.15) is 0 Å². The monoisotopic (exact) mass is 374 g/mol. The van der Waals surface area contributed by atoms with Crippen LogP contribution in [0.3, 0.4) is 0 Å². The lowest BCUT2D eigenvalue weighted by atomic mass is 10.2. The molecule has 0 aliphatic carbocycles. The topological polar surface area (TPSA) is 58.0 Å². The smallest absolute Gasteiger partial charge is 0.305 e. The van der Waals surface area contributed by atoms with Crippen LogP contribution in [0.2, 0.25) is 10.0 Å². The maximum Gasteiger partial charge on any atom is 0.305 e. The van der Waals surface area contributed by atoms with Gasteiger partial charge < -0.3 is 14.7 Å². The number of H-pyrrole nitrogens is 1. The number of nitrogens with one attached hydrogen (secondary N) is 1. The summed E-state index contributed by atoms with van der Waals surface area (Å²) in [6.07, 6.45) is 3.91. The van der Waals surface area contributed by atoms with Crippen LogP contribution in [0.15, 0.2) is 60.9 Å². The number of aromatic nitrogens is 2. The Balaban J connectivity index is 0.000000157. The fraction of sp³-hybridized carbons (Fsp3) is 0.105. The molecule has 4 aromatic rings. The molecular formula is C19H16Cl2N2O2. The van der Waals surface area contributed by atoms with Crippen molar-refractivity contribution in [2.45, 2.75) is 13.0 Å². The summed E-state index contributed by atoms with van der Waals surface area (Å²) in [6, 6.07) is 15.3. The first kappa shape index (κ1) is 17.4. The molecule has 0 saturated heterocycles. The van der Waals surface area contributed by atoms with E-state index in [4.69, 9.17) is 28.3 Å². The number of hydrogen-bond acceptors (Lipinski definition) is 1. The molecule has 2 aromatic heterocycles. The van der Waals surface area contributed by atoms with Gasteiger partial charge in [-0.25, -0.2) is 0 Å². The number of aliphatic carboxylic acids is 1. The minimum atomic E-state index is -0.786. The highest BCUT2D eigenvalue weighted by Crippen LogP contribution is 2.20. The van der Waals surface area contributed by atoms with E-state index in [2.05, 4.69) is 4.98 Å². The molecule has 2 N–H and O–H groups in total.